The van der Waals surface area contributed by atoms with E-state index in [4.69, 9.17) is 26.8 Å². The van der Waals surface area contributed by atoms with Gasteiger partial charge in [0, 0.05) is 17.8 Å². The van der Waals surface area contributed by atoms with Gasteiger partial charge in [0.25, 0.3) is 11.8 Å². The summed E-state index contributed by atoms with van der Waals surface area (Å²) in [5.41, 5.74) is 6.52. The zero-order chi connectivity index (χ0) is 20.3. The van der Waals surface area contributed by atoms with Crippen molar-refractivity contribution in [2.75, 3.05) is 30.8 Å². The number of ether oxygens (including phenoxy) is 2. The lowest BCUT2D eigenvalue weighted by molar-refractivity contribution is -0.128. The Morgan fingerprint density at radius 2 is 2.04 bits per heavy atom. The first-order valence-corrected chi connectivity index (χ1v) is 8.78. The lowest BCUT2D eigenvalue weighted by Gasteiger charge is -2.33. The third-order valence-corrected chi connectivity index (χ3v) is 4.41. The number of carbonyl (C=O) groups is 3. The van der Waals surface area contributed by atoms with Gasteiger partial charge in [0.15, 0.2) is 12.7 Å². The number of anilines is 2. The number of amides is 2. The van der Waals surface area contributed by atoms with Crippen molar-refractivity contribution in [1.82, 2.24) is 5.32 Å². The number of nitrogen functional groups attached to an aromatic ring is 1. The molecule has 0 fully saturated rings. The van der Waals surface area contributed by atoms with E-state index in [2.05, 4.69) is 5.32 Å². The SMILES string of the molecule is CNC(=O)C1CN(C(=O)COC(=O)c2ccc(Cl)cc2N)c2ccccc2O1. The van der Waals surface area contributed by atoms with Crippen molar-refractivity contribution in [3.05, 3.63) is 53.1 Å². The number of halogens is 1. The highest BCUT2D eigenvalue weighted by Crippen LogP contribution is 2.33. The van der Waals surface area contributed by atoms with Gasteiger partial charge >= 0.3 is 5.97 Å². The molecule has 0 aliphatic carbocycles. The molecule has 1 unspecified atom stereocenters. The van der Waals surface area contributed by atoms with E-state index in [1.807, 2.05) is 0 Å². The second-order valence-corrected chi connectivity index (χ2v) is 6.44. The van der Waals surface area contributed by atoms with E-state index in [9.17, 15) is 14.4 Å². The Labute approximate surface area is 166 Å². The standard InChI is InChI=1S/C19H18ClN3O5/c1-22-18(25)16-9-23(14-4-2-3-5-15(14)28-16)17(24)10-27-19(26)12-7-6-11(20)8-13(12)21/h2-8,16H,9-10,21H2,1H3,(H,22,25). The maximum absolute atomic E-state index is 12.7. The lowest BCUT2D eigenvalue weighted by Crippen LogP contribution is -2.51. The quantitative estimate of drug-likeness (QED) is 0.592. The summed E-state index contributed by atoms with van der Waals surface area (Å²) in [6.07, 6.45) is -0.869. The third kappa shape index (κ3) is 4.01. The molecule has 2 amide bonds. The maximum atomic E-state index is 12.7. The van der Waals surface area contributed by atoms with Gasteiger partial charge in [-0.25, -0.2) is 4.79 Å². The molecular formula is C19H18ClN3O5. The van der Waals surface area contributed by atoms with E-state index in [-0.39, 0.29) is 23.7 Å². The van der Waals surface area contributed by atoms with Crippen LogP contribution in [-0.2, 0) is 14.3 Å². The first kappa shape index (κ1) is 19.5. The van der Waals surface area contributed by atoms with Crippen LogP contribution in [0, 0.1) is 0 Å². The molecule has 0 saturated carbocycles. The molecule has 1 heterocycles. The van der Waals surface area contributed by atoms with E-state index >= 15 is 0 Å². The van der Waals surface area contributed by atoms with Gasteiger partial charge in [0.1, 0.15) is 5.75 Å². The number of carbonyl (C=O) groups excluding carboxylic acids is 3. The molecule has 3 rings (SSSR count). The van der Waals surface area contributed by atoms with Crippen LogP contribution in [0.2, 0.25) is 5.02 Å². The molecular weight excluding hydrogens is 386 g/mol. The average molecular weight is 404 g/mol. The topological polar surface area (TPSA) is 111 Å². The summed E-state index contributed by atoms with van der Waals surface area (Å²) < 4.78 is 10.8. The molecule has 9 heteroatoms. The second-order valence-electron chi connectivity index (χ2n) is 6.00. The first-order chi connectivity index (χ1) is 13.4. The van der Waals surface area contributed by atoms with Crippen LogP contribution in [0.25, 0.3) is 0 Å². The number of benzene rings is 2. The molecule has 2 aromatic carbocycles. The number of hydrogen-bond acceptors (Lipinski definition) is 6. The van der Waals surface area contributed by atoms with Crippen molar-refractivity contribution in [3.8, 4) is 5.75 Å². The predicted molar refractivity (Wildman–Crippen MR) is 103 cm³/mol. The van der Waals surface area contributed by atoms with Crippen LogP contribution in [0.5, 0.6) is 5.75 Å². The average Bonchev–Trinajstić information content (AvgIpc) is 2.70. The van der Waals surface area contributed by atoms with E-state index in [0.717, 1.165) is 0 Å². The number of rotatable bonds is 4. The number of hydrogen-bond donors (Lipinski definition) is 2. The van der Waals surface area contributed by atoms with E-state index in [0.29, 0.717) is 16.5 Å². The van der Waals surface area contributed by atoms with E-state index in [1.54, 1.807) is 24.3 Å². The number of likely N-dealkylation sites (N-methyl/N-ethyl adjacent to an activating group) is 1. The van der Waals surface area contributed by atoms with Crippen LogP contribution < -0.4 is 20.7 Å². The molecule has 2 aromatic rings. The van der Waals surface area contributed by atoms with Crippen molar-refractivity contribution >= 4 is 40.8 Å². The van der Waals surface area contributed by atoms with Crippen molar-refractivity contribution in [2.24, 2.45) is 0 Å². The van der Waals surface area contributed by atoms with Gasteiger partial charge in [0.2, 0.25) is 0 Å². The number of esters is 1. The minimum absolute atomic E-state index is 0.00382. The van der Waals surface area contributed by atoms with Crippen LogP contribution in [0.15, 0.2) is 42.5 Å². The Kier molecular flexibility index (Phi) is 5.70. The normalized spacial score (nSPS) is 15.2. The van der Waals surface area contributed by atoms with Gasteiger partial charge < -0.3 is 25.4 Å². The summed E-state index contributed by atoms with van der Waals surface area (Å²) in [6, 6.07) is 11.2. The predicted octanol–water partition coefficient (Wildman–Crippen LogP) is 1.62. The highest BCUT2D eigenvalue weighted by Gasteiger charge is 2.33. The largest absolute Gasteiger partial charge is 0.477 e. The minimum Gasteiger partial charge on any atom is -0.477 e. The molecule has 28 heavy (non-hydrogen) atoms. The lowest BCUT2D eigenvalue weighted by atomic mass is 10.1. The molecule has 3 N–H and O–H groups in total. The van der Waals surface area contributed by atoms with E-state index in [1.165, 1.54) is 30.1 Å². The number of nitrogens with two attached hydrogens (primary N) is 1. The van der Waals surface area contributed by atoms with Crippen LogP contribution in [0.3, 0.4) is 0 Å². The summed E-state index contributed by atoms with van der Waals surface area (Å²) in [5, 5.41) is 2.88. The summed E-state index contributed by atoms with van der Waals surface area (Å²) in [5.74, 6) is -1.21. The molecule has 8 nitrogen and oxygen atoms in total. The second kappa shape index (κ2) is 8.18. The Morgan fingerprint density at radius 3 is 2.75 bits per heavy atom. The fourth-order valence-electron chi connectivity index (χ4n) is 2.77. The molecule has 0 spiro atoms. The molecule has 0 bridgehead atoms. The minimum atomic E-state index is -0.869. The number of nitrogens with zero attached hydrogens (tertiary/aromatic N) is 1. The van der Waals surface area contributed by atoms with E-state index < -0.39 is 24.6 Å². The molecule has 0 aromatic heterocycles. The Hall–Kier alpha value is -3.26. The van der Waals surface area contributed by atoms with Crippen molar-refractivity contribution in [2.45, 2.75) is 6.10 Å². The molecule has 146 valence electrons. The highest BCUT2D eigenvalue weighted by molar-refractivity contribution is 6.31. The molecule has 0 radical (unpaired) electrons. The third-order valence-electron chi connectivity index (χ3n) is 4.17. The van der Waals surface area contributed by atoms with Crippen LogP contribution in [-0.4, -0.2) is 44.1 Å². The highest BCUT2D eigenvalue weighted by atomic mass is 35.5. The summed E-state index contributed by atoms with van der Waals surface area (Å²) in [4.78, 5) is 38.3. The maximum Gasteiger partial charge on any atom is 0.340 e. The zero-order valence-electron chi connectivity index (χ0n) is 15.0. The van der Waals surface area contributed by atoms with Gasteiger partial charge in [-0.1, -0.05) is 23.7 Å². The Balaban J connectivity index is 1.74. The summed E-state index contributed by atoms with van der Waals surface area (Å²) >= 11 is 5.81. The van der Waals surface area contributed by atoms with Crippen LogP contribution >= 0.6 is 11.6 Å². The number of fused-ring (bicyclic) bond motifs is 1. The van der Waals surface area contributed by atoms with Gasteiger partial charge in [-0.15, -0.1) is 0 Å². The fourth-order valence-corrected chi connectivity index (χ4v) is 2.95. The van der Waals surface area contributed by atoms with Gasteiger partial charge in [-0.3, -0.25) is 9.59 Å². The number of nitrogens with one attached hydrogen (secondary N) is 1. The summed E-state index contributed by atoms with van der Waals surface area (Å²) in [7, 11) is 1.48. The first-order valence-electron chi connectivity index (χ1n) is 8.40. The van der Waals surface area contributed by atoms with Crippen molar-refractivity contribution in [3.63, 3.8) is 0 Å². The monoisotopic (exact) mass is 403 g/mol. The summed E-state index contributed by atoms with van der Waals surface area (Å²) in [6.45, 7) is -0.522. The number of para-hydroxylation sites is 2. The molecule has 1 atom stereocenters. The Morgan fingerprint density at radius 1 is 1.29 bits per heavy atom. The molecule has 1 aliphatic heterocycles. The van der Waals surface area contributed by atoms with Gasteiger partial charge in [-0.2, -0.15) is 0 Å². The van der Waals surface area contributed by atoms with Crippen LogP contribution in [0.4, 0.5) is 11.4 Å². The smallest absolute Gasteiger partial charge is 0.340 e. The van der Waals surface area contributed by atoms with Crippen molar-refractivity contribution < 1.29 is 23.9 Å². The van der Waals surface area contributed by atoms with Crippen LogP contribution in [0.1, 0.15) is 10.4 Å². The fraction of sp³-hybridized carbons (Fsp3) is 0.211. The van der Waals surface area contributed by atoms with Gasteiger partial charge in [0.05, 0.1) is 17.8 Å². The zero-order valence-corrected chi connectivity index (χ0v) is 15.7. The Bertz CT molecular complexity index is 934. The van der Waals surface area contributed by atoms with Crippen molar-refractivity contribution in [1.29, 1.82) is 0 Å². The van der Waals surface area contributed by atoms with Gasteiger partial charge in [-0.05, 0) is 30.3 Å². The molecule has 1 aliphatic rings. The molecule has 0 saturated heterocycles.